The molecule has 0 radical (unpaired) electrons. The van der Waals surface area contributed by atoms with Crippen molar-refractivity contribution in [1.82, 2.24) is 0 Å². The molecule has 0 heterocycles. The summed E-state index contributed by atoms with van der Waals surface area (Å²) in [6.07, 6.45) is 5.94. The molecular weight excluding hydrogens is 212 g/mol. The number of hydrogen-bond donors (Lipinski definition) is 0. The van der Waals surface area contributed by atoms with Crippen LogP contribution in [0.3, 0.4) is 0 Å². The highest BCUT2D eigenvalue weighted by Gasteiger charge is 2.04. The van der Waals surface area contributed by atoms with Gasteiger partial charge in [-0.25, -0.2) is 0 Å². The fourth-order valence-electron chi connectivity index (χ4n) is 1.62. The fraction of sp³-hybridized carbons (Fsp3) is 0.286. The Morgan fingerprint density at radius 2 is 1.75 bits per heavy atom. The van der Waals surface area contributed by atoms with Gasteiger partial charge in [-0.15, -0.1) is 13.2 Å². The molecule has 0 saturated carbocycles. The predicted octanol–water partition coefficient (Wildman–Crippen LogP) is 2.18. The first kappa shape index (κ1) is 12.9. The Morgan fingerprint density at radius 1 is 1.12 bits per heavy atom. The van der Waals surface area contributed by atoms with Crippen molar-refractivity contribution in [3.05, 3.63) is 55.6 Å². The largest absolute Gasteiger partial charge is 0.418 e. The summed E-state index contributed by atoms with van der Waals surface area (Å²) in [7, 11) is -0.557. The molecule has 86 valence electrons. The second-order valence-electron chi connectivity index (χ2n) is 3.92. The van der Waals surface area contributed by atoms with Gasteiger partial charge in [0, 0.05) is 6.61 Å². The molecule has 0 aliphatic carbocycles. The molecule has 0 unspecified atom stereocenters. The minimum absolute atomic E-state index is 0.547. The molecule has 0 spiro atoms. The Balaban J connectivity index is 2.27. The van der Waals surface area contributed by atoms with Crippen molar-refractivity contribution in [1.29, 1.82) is 0 Å². The molecule has 1 aromatic rings. The van der Waals surface area contributed by atoms with E-state index >= 15 is 0 Å². The molecule has 0 saturated heterocycles. The molecule has 1 nitrogen and oxygen atoms in total. The van der Waals surface area contributed by atoms with E-state index in [1.165, 1.54) is 5.19 Å². The Morgan fingerprint density at radius 3 is 2.31 bits per heavy atom. The summed E-state index contributed by atoms with van der Waals surface area (Å²) < 4.78 is 5.83. The van der Waals surface area contributed by atoms with Gasteiger partial charge in [-0.2, -0.15) is 0 Å². The van der Waals surface area contributed by atoms with Gasteiger partial charge in [-0.1, -0.05) is 42.5 Å². The van der Waals surface area contributed by atoms with Crippen LogP contribution < -0.4 is 5.19 Å². The molecule has 1 rings (SSSR count). The van der Waals surface area contributed by atoms with Crippen molar-refractivity contribution in [2.75, 3.05) is 6.61 Å². The zero-order chi connectivity index (χ0) is 11.6. The van der Waals surface area contributed by atoms with E-state index in [-0.39, 0.29) is 0 Å². The lowest BCUT2D eigenvalue weighted by Crippen LogP contribution is -2.20. The predicted molar refractivity (Wildman–Crippen MR) is 73.7 cm³/mol. The highest BCUT2D eigenvalue weighted by atomic mass is 28.2. The molecule has 0 fully saturated rings. The van der Waals surface area contributed by atoms with Crippen molar-refractivity contribution in [2.24, 2.45) is 5.92 Å². The molecule has 2 heteroatoms. The van der Waals surface area contributed by atoms with Crippen LogP contribution in [0.5, 0.6) is 0 Å². The summed E-state index contributed by atoms with van der Waals surface area (Å²) in [6.45, 7) is 8.37. The lowest BCUT2D eigenvalue weighted by Gasteiger charge is -2.13. The van der Waals surface area contributed by atoms with Crippen LogP contribution in [-0.4, -0.2) is 16.4 Å². The molecule has 16 heavy (non-hydrogen) atoms. The van der Waals surface area contributed by atoms with E-state index in [4.69, 9.17) is 4.43 Å². The molecule has 0 aliphatic rings. The summed E-state index contributed by atoms with van der Waals surface area (Å²) in [5.41, 5.74) is 0. The SMILES string of the molecule is C=CCC(CC=C)CO[SiH2]c1ccccc1. The smallest absolute Gasteiger partial charge is 0.192 e. The van der Waals surface area contributed by atoms with Gasteiger partial charge in [0.15, 0.2) is 9.76 Å². The van der Waals surface area contributed by atoms with E-state index < -0.39 is 9.76 Å². The minimum Gasteiger partial charge on any atom is -0.418 e. The van der Waals surface area contributed by atoms with Crippen LogP contribution in [0.15, 0.2) is 55.6 Å². The van der Waals surface area contributed by atoms with E-state index in [1.54, 1.807) is 0 Å². The van der Waals surface area contributed by atoms with Crippen LogP contribution in [0.1, 0.15) is 12.8 Å². The van der Waals surface area contributed by atoms with Crippen LogP contribution in [0, 0.1) is 5.92 Å². The summed E-state index contributed by atoms with van der Waals surface area (Å²) in [5.74, 6) is 0.547. The first-order valence-corrected chi connectivity index (χ1v) is 6.98. The van der Waals surface area contributed by atoms with Crippen LogP contribution >= 0.6 is 0 Å². The van der Waals surface area contributed by atoms with Gasteiger partial charge in [0.25, 0.3) is 0 Å². The molecular formula is C14H20OSi. The lowest BCUT2D eigenvalue weighted by molar-refractivity contribution is 0.266. The van der Waals surface area contributed by atoms with E-state index in [9.17, 15) is 0 Å². The van der Waals surface area contributed by atoms with Crippen molar-refractivity contribution in [3.63, 3.8) is 0 Å². The van der Waals surface area contributed by atoms with Gasteiger partial charge in [0.1, 0.15) is 0 Å². The van der Waals surface area contributed by atoms with Gasteiger partial charge >= 0.3 is 0 Å². The maximum Gasteiger partial charge on any atom is 0.192 e. The normalized spacial score (nSPS) is 11.1. The summed E-state index contributed by atoms with van der Waals surface area (Å²) in [6, 6.07) is 10.5. The standard InChI is InChI=1S/C14H20OSi/c1-3-8-13(9-4-2)12-15-16-14-10-6-5-7-11-14/h3-7,10-11,13H,1-2,8-9,12,16H2. The van der Waals surface area contributed by atoms with Crippen molar-refractivity contribution in [2.45, 2.75) is 12.8 Å². The highest BCUT2D eigenvalue weighted by molar-refractivity contribution is 6.46. The number of hydrogen-bond acceptors (Lipinski definition) is 1. The van der Waals surface area contributed by atoms with Gasteiger partial charge in [-0.3, -0.25) is 0 Å². The number of rotatable bonds is 8. The van der Waals surface area contributed by atoms with Gasteiger partial charge in [0.2, 0.25) is 0 Å². The monoisotopic (exact) mass is 232 g/mol. The van der Waals surface area contributed by atoms with Crippen LogP contribution in [-0.2, 0) is 4.43 Å². The van der Waals surface area contributed by atoms with E-state index in [2.05, 4.69) is 37.4 Å². The van der Waals surface area contributed by atoms with Gasteiger partial charge < -0.3 is 4.43 Å². The topological polar surface area (TPSA) is 9.23 Å². The average Bonchev–Trinajstić information content (AvgIpc) is 2.31. The van der Waals surface area contributed by atoms with Crippen molar-refractivity contribution in [3.8, 4) is 0 Å². The quantitative estimate of drug-likeness (QED) is 0.493. The summed E-state index contributed by atoms with van der Waals surface area (Å²) in [5, 5.41) is 1.36. The van der Waals surface area contributed by atoms with Crippen molar-refractivity contribution < 1.29 is 4.43 Å². The van der Waals surface area contributed by atoms with Gasteiger partial charge in [0.05, 0.1) is 0 Å². The Bertz CT molecular complexity index is 298. The second kappa shape index (κ2) is 8.08. The average molecular weight is 232 g/mol. The fourth-order valence-corrected chi connectivity index (χ4v) is 2.77. The Labute approximate surface area is 101 Å². The van der Waals surface area contributed by atoms with E-state index in [0.29, 0.717) is 5.92 Å². The summed E-state index contributed by atoms with van der Waals surface area (Å²) >= 11 is 0. The highest BCUT2D eigenvalue weighted by Crippen LogP contribution is 2.09. The second-order valence-corrected chi connectivity index (χ2v) is 5.43. The third-order valence-corrected chi connectivity index (χ3v) is 3.71. The van der Waals surface area contributed by atoms with E-state index in [1.807, 2.05) is 18.2 Å². The maximum absolute atomic E-state index is 5.83. The first-order chi connectivity index (χ1) is 7.86. The zero-order valence-electron chi connectivity index (χ0n) is 9.77. The van der Waals surface area contributed by atoms with Crippen LogP contribution in [0.25, 0.3) is 0 Å². The molecule has 1 aromatic carbocycles. The first-order valence-electron chi connectivity index (χ1n) is 5.70. The minimum atomic E-state index is -0.557. The van der Waals surface area contributed by atoms with Crippen LogP contribution in [0.2, 0.25) is 0 Å². The molecule has 0 aromatic heterocycles. The third-order valence-electron chi connectivity index (χ3n) is 2.47. The third kappa shape index (κ3) is 5.10. The van der Waals surface area contributed by atoms with E-state index in [0.717, 1.165) is 19.4 Å². The molecule has 0 bridgehead atoms. The molecule has 0 aliphatic heterocycles. The molecule has 0 N–H and O–H groups in total. The Hall–Kier alpha value is -1.12. The molecule has 0 amide bonds. The Kier molecular flexibility index (Phi) is 6.54. The maximum atomic E-state index is 5.83. The van der Waals surface area contributed by atoms with Crippen molar-refractivity contribution >= 4 is 14.9 Å². The zero-order valence-corrected chi connectivity index (χ0v) is 11.2. The summed E-state index contributed by atoms with van der Waals surface area (Å²) in [4.78, 5) is 0. The van der Waals surface area contributed by atoms with Gasteiger partial charge in [-0.05, 0) is 23.9 Å². The van der Waals surface area contributed by atoms with Crippen LogP contribution in [0.4, 0.5) is 0 Å². The number of allylic oxidation sites excluding steroid dienone is 2. The number of benzene rings is 1. The molecule has 0 atom stereocenters. The lowest BCUT2D eigenvalue weighted by atomic mass is 10.0.